The van der Waals surface area contributed by atoms with Gasteiger partial charge in [0, 0.05) is 9.26 Å². The molecule has 2 aromatic rings. The number of halogens is 1. The molecular weight excluding hydrogens is 393 g/mol. The third kappa shape index (κ3) is 4.66. The number of nitrogens with zero attached hydrogens (tertiary/aromatic N) is 1. The molecule has 0 saturated heterocycles. The van der Waals surface area contributed by atoms with Crippen LogP contribution in [0.5, 0.6) is 0 Å². The van der Waals surface area contributed by atoms with Gasteiger partial charge in [-0.05, 0) is 58.8 Å². The van der Waals surface area contributed by atoms with E-state index >= 15 is 0 Å². The fraction of sp³-hybridized carbons (Fsp3) is 0.0625. The van der Waals surface area contributed by atoms with Crippen molar-refractivity contribution in [2.75, 3.05) is 5.32 Å². The Morgan fingerprint density at radius 2 is 1.86 bits per heavy atom. The highest BCUT2D eigenvalue weighted by Gasteiger charge is 2.13. The monoisotopic (exact) mass is 407 g/mol. The predicted molar refractivity (Wildman–Crippen MR) is 94.7 cm³/mol. The Labute approximate surface area is 141 Å². The van der Waals surface area contributed by atoms with Crippen LogP contribution < -0.4 is 10.7 Å². The molecule has 22 heavy (non-hydrogen) atoms. The first kappa shape index (κ1) is 16.2. The van der Waals surface area contributed by atoms with Crippen molar-refractivity contribution in [2.45, 2.75) is 6.92 Å². The van der Waals surface area contributed by atoms with Crippen LogP contribution >= 0.6 is 22.6 Å². The molecular formula is C16H14IN3O2. The molecule has 2 rings (SSSR count). The molecule has 2 N–H and O–H groups in total. The van der Waals surface area contributed by atoms with Crippen molar-refractivity contribution >= 4 is 46.3 Å². The first-order valence-corrected chi connectivity index (χ1v) is 7.60. The molecule has 0 aromatic heterocycles. The summed E-state index contributed by atoms with van der Waals surface area (Å²) in [6.45, 7) is 1.85. The Morgan fingerprint density at radius 3 is 2.59 bits per heavy atom. The number of aryl methyl sites for hydroxylation is 1. The topological polar surface area (TPSA) is 70.6 Å². The Kier molecular flexibility index (Phi) is 5.65. The molecule has 0 aliphatic rings. The average molecular weight is 407 g/mol. The van der Waals surface area contributed by atoms with Crippen LogP contribution in [0.25, 0.3) is 0 Å². The molecule has 0 aliphatic carbocycles. The highest BCUT2D eigenvalue weighted by Crippen LogP contribution is 2.12. The van der Waals surface area contributed by atoms with Gasteiger partial charge in [0.05, 0.1) is 6.21 Å². The van der Waals surface area contributed by atoms with Crippen molar-refractivity contribution in [3.63, 3.8) is 0 Å². The summed E-state index contributed by atoms with van der Waals surface area (Å²) in [5.41, 5.74) is 4.53. The Balaban J connectivity index is 1.92. The van der Waals surface area contributed by atoms with E-state index in [9.17, 15) is 9.59 Å². The minimum absolute atomic E-state index is 0.601. The summed E-state index contributed by atoms with van der Waals surface area (Å²) in [6.07, 6.45) is 1.49. The number of hydrogen-bond donors (Lipinski definition) is 2. The highest BCUT2D eigenvalue weighted by atomic mass is 127. The summed E-state index contributed by atoms with van der Waals surface area (Å²) < 4.78 is 1.06. The van der Waals surface area contributed by atoms with Crippen LogP contribution in [0.4, 0.5) is 5.69 Å². The second kappa shape index (κ2) is 7.69. The molecule has 6 heteroatoms. The van der Waals surface area contributed by atoms with E-state index in [-0.39, 0.29) is 0 Å². The van der Waals surface area contributed by atoms with E-state index in [1.807, 2.05) is 43.3 Å². The highest BCUT2D eigenvalue weighted by molar-refractivity contribution is 14.1. The van der Waals surface area contributed by atoms with E-state index in [0.717, 1.165) is 14.7 Å². The van der Waals surface area contributed by atoms with Crippen LogP contribution in [0, 0.1) is 10.5 Å². The van der Waals surface area contributed by atoms with Crippen LogP contribution in [-0.4, -0.2) is 18.0 Å². The number of para-hydroxylation sites is 1. The summed E-state index contributed by atoms with van der Waals surface area (Å²) in [6, 6.07) is 14.8. The predicted octanol–water partition coefficient (Wildman–Crippen LogP) is 2.69. The molecule has 5 nitrogen and oxygen atoms in total. The molecule has 0 atom stereocenters. The van der Waals surface area contributed by atoms with E-state index in [0.29, 0.717) is 5.69 Å². The number of hydrazone groups is 1. The number of rotatable bonds is 3. The Bertz CT molecular complexity index is 729. The van der Waals surface area contributed by atoms with E-state index in [4.69, 9.17) is 0 Å². The van der Waals surface area contributed by atoms with Crippen LogP contribution in [0.15, 0.2) is 53.6 Å². The zero-order chi connectivity index (χ0) is 15.9. The van der Waals surface area contributed by atoms with Crippen molar-refractivity contribution in [3.8, 4) is 0 Å². The maximum Gasteiger partial charge on any atom is 0.329 e. The summed E-state index contributed by atoms with van der Waals surface area (Å²) in [7, 11) is 0. The lowest BCUT2D eigenvalue weighted by Crippen LogP contribution is -2.32. The molecule has 2 amide bonds. The first-order chi connectivity index (χ1) is 10.6. The molecule has 0 radical (unpaired) electrons. The molecule has 0 aliphatic heterocycles. The number of amides is 2. The minimum Gasteiger partial charge on any atom is -0.317 e. The average Bonchev–Trinajstić information content (AvgIpc) is 2.49. The Morgan fingerprint density at radius 1 is 1.09 bits per heavy atom. The number of carbonyl (C=O) groups is 2. The number of anilines is 1. The normalized spacial score (nSPS) is 10.5. The van der Waals surface area contributed by atoms with Crippen molar-refractivity contribution in [2.24, 2.45) is 5.10 Å². The SMILES string of the molecule is Cc1ccccc1NC(=O)C(=O)N/N=C\c1cccc(I)c1. The van der Waals surface area contributed by atoms with Crippen molar-refractivity contribution in [1.82, 2.24) is 5.43 Å². The lowest BCUT2D eigenvalue weighted by Gasteiger charge is -2.06. The molecule has 2 aromatic carbocycles. The largest absolute Gasteiger partial charge is 0.329 e. The van der Waals surface area contributed by atoms with Gasteiger partial charge in [0.15, 0.2) is 0 Å². The fourth-order valence-corrected chi connectivity index (χ4v) is 2.26. The van der Waals surface area contributed by atoms with Crippen LogP contribution in [-0.2, 0) is 9.59 Å². The summed E-state index contributed by atoms with van der Waals surface area (Å²) in [4.78, 5) is 23.4. The van der Waals surface area contributed by atoms with Gasteiger partial charge >= 0.3 is 11.8 Å². The van der Waals surface area contributed by atoms with Crippen molar-refractivity contribution in [1.29, 1.82) is 0 Å². The number of benzene rings is 2. The zero-order valence-corrected chi connectivity index (χ0v) is 14.0. The molecule has 0 fully saturated rings. The van der Waals surface area contributed by atoms with Crippen LogP contribution in [0.1, 0.15) is 11.1 Å². The lowest BCUT2D eigenvalue weighted by atomic mass is 10.2. The van der Waals surface area contributed by atoms with Gasteiger partial charge in [-0.3, -0.25) is 9.59 Å². The van der Waals surface area contributed by atoms with Gasteiger partial charge in [-0.25, -0.2) is 5.43 Å². The van der Waals surface area contributed by atoms with E-state index in [1.54, 1.807) is 12.1 Å². The van der Waals surface area contributed by atoms with Gasteiger partial charge < -0.3 is 5.32 Å². The van der Waals surface area contributed by atoms with Gasteiger partial charge in [0.2, 0.25) is 0 Å². The summed E-state index contributed by atoms with van der Waals surface area (Å²) in [5, 5.41) is 6.32. The van der Waals surface area contributed by atoms with E-state index in [1.165, 1.54) is 6.21 Å². The smallest absolute Gasteiger partial charge is 0.317 e. The molecule has 0 spiro atoms. The fourth-order valence-electron chi connectivity index (χ4n) is 1.70. The number of nitrogens with one attached hydrogen (secondary N) is 2. The third-order valence-electron chi connectivity index (χ3n) is 2.83. The van der Waals surface area contributed by atoms with Gasteiger partial charge in [0.25, 0.3) is 0 Å². The van der Waals surface area contributed by atoms with Gasteiger partial charge in [-0.1, -0.05) is 30.3 Å². The van der Waals surface area contributed by atoms with E-state index in [2.05, 4.69) is 38.4 Å². The second-order valence-corrected chi connectivity index (χ2v) is 5.77. The van der Waals surface area contributed by atoms with Gasteiger partial charge in [-0.15, -0.1) is 0 Å². The number of hydrogen-bond acceptors (Lipinski definition) is 3. The third-order valence-corrected chi connectivity index (χ3v) is 3.50. The lowest BCUT2D eigenvalue weighted by molar-refractivity contribution is -0.136. The summed E-state index contributed by atoms with van der Waals surface area (Å²) in [5.74, 6) is -1.57. The van der Waals surface area contributed by atoms with E-state index < -0.39 is 11.8 Å². The standard InChI is InChI=1S/C16H14IN3O2/c1-11-5-2-3-8-14(11)19-15(21)16(22)20-18-10-12-6-4-7-13(17)9-12/h2-10H,1H3,(H,19,21)(H,20,22)/b18-10-. The maximum absolute atomic E-state index is 11.8. The summed E-state index contributed by atoms with van der Waals surface area (Å²) >= 11 is 2.18. The minimum atomic E-state index is -0.815. The molecule has 0 unspecified atom stereocenters. The number of carbonyl (C=O) groups excluding carboxylic acids is 2. The molecule has 112 valence electrons. The van der Waals surface area contributed by atoms with Gasteiger partial charge in [0.1, 0.15) is 0 Å². The second-order valence-electron chi connectivity index (χ2n) is 4.52. The molecule has 0 saturated carbocycles. The molecule has 0 heterocycles. The van der Waals surface area contributed by atoms with Crippen LogP contribution in [0.2, 0.25) is 0 Å². The van der Waals surface area contributed by atoms with Crippen molar-refractivity contribution < 1.29 is 9.59 Å². The maximum atomic E-state index is 11.8. The van der Waals surface area contributed by atoms with Gasteiger partial charge in [-0.2, -0.15) is 5.10 Å². The zero-order valence-electron chi connectivity index (χ0n) is 11.8. The van der Waals surface area contributed by atoms with Crippen LogP contribution in [0.3, 0.4) is 0 Å². The Hall–Kier alpha value is -2.22. The first-order valence-electron chi connectivity index (χ1n) is 6.52. The quantitative estimate of drug-likeness (QED) is 0.356. The van der Waals surface area contributed by atoms with Crippen molar-refractivity contribution in [3.05, 3.63) is 63.2 Å². The molecule has 0 bridgehead atoms.